The summed E-state index contributed by atoms with van der Waals surface area (Å²) >= 11 is 0. The van der Waals surface area contributed by atoms with Crippen molar-refractivity contribution in [2.24, 2.45) is 0 Å². The standard InChI is InChI=1S/C24H23FN4O6/c1-34-21-13-16(14-22(15-21)35-2)23(30)26-11-12-28(19-7-3-17(25)4-8-19)24(31)27-18-5-9-20(10-6-18)29(32)33/h3-10,13-15H,11-12H2,1-2H3,(H,26,30)(H,27,31). The number of methoxy groups -OCH3 is 2. The third kappa shape index (κ3) is 6.67. The maximum absolute atomic E-state index is 13.4. The van der Waals surface area contributed by atoms with E-state index in [4.69, 9.17) is 9.47 Å². The van der Waals surface area contributed by atoms with E-state index in [0.717, 1.165) is 0 Å². The summed E-state index contributed by atoms with van der Waals surface area (Å²) in [4.78, 5) is 37.2. The second kappa shape index (κ2) is 11.5. The predicted molar refractivity (Wildman–Crippen MR) is 128 cm³/mol. The van der Waals surface area contributed by atoms with Crippen molar-refractivity contribution < 1.29 is 28.4 Å². The summed E-state index contributed by atoms with van der Waals surface area (Å²) in [6.45, 7) is 0.126. The highest BCUT2D eigenvalue weighted by Crippen LogP contribution is 2.23. The molecule has 3 aromatic rings. The van der Waals surface area contributed by atoms with Crippen molar-refractivity contribution in [3.63, 3.8) is 0 Å². The average molecular weight is 482 g/mol. The topological polar surface area (TPSA) is 123 Å². The lowest BCUT2D eigenvalue weighted by atomic mass is 10.2. The molecule has 0 unspecified atom stereocenters. The molecule has 0 saturated carbocycles. The molecule has 0 saturated heterocycles. The van der Waals surface area contributed by atoms with Crippen LogP contribution >= 0.6 is 0 Å². The van der Waals surface area contributed by atoms with Gasteiger partial charge in [0.05, 0.1) is 19.1 Å². The molecule has 3 rings (SSSR count). The molecule has 0 radical (unpaired) electrons. The molecular weight excluding hydrogens is 459 g/mol. The van der Waals surface area contributed by atoms with Gasteiger partial charge in [0, 0.05) is 48.2 Å². The molecule has 0 aromatic heterocycles. The fraction of sp³-hybridized carbons (Fsp3) is 0.167. The van der Waals surface area contributed by atoms with Crippen molar-refractivity contribution >= 4 is 29.0 Å². The summed E-state index contributed by atoms with van der Waals surface area (Å²) in [5, 5.41) is 16.2. The van der Waals surface area contributed by atoms with Crippen LogP contribution in [0.5, 0.6) is 11.5 Å². The number of urea groups is 1. The van der Waals surface area contributed by atoms with Gasteiger partial charge in [-0.3, -0.25) is 19.8 Å². The van der Waals surface area contributed by atoms with Crippen molar-refractivity contribution in [2.75, 3.05) is 37.5 Å². The Kier molecular flexibility index (Phi) is 8.17. The lowest BCUT2D eigenvalue weighted by molar-refractivity contribution is -0.384. The van der Waals surface area contributed by atoms with E-state index in [1.54, 1.807) is 18.2 Å². The fourth-order valence-electron chi connectivity index (χ4n) is 3.15. The molecule has 3 aromatic carbocycles. The van der Waals surface area contributed by atoms with E-state index in [2.05, 4.69) is 10.6 Å². The number of halogens is 1. The van der Waals surface area contributed by atoms with E-state index >= 15 is 0 Å². The Morgan fingerprint density at radius 1 is 0.971 bits per heavy atom. The first-order chi connectivity index (χ1) is 16.8. The number of carbonyl (C=O) groups excluding carboxylic acids is 2. The summed E-state index contributed by atoms with van der Waals surface area (Å²) in [5.74, 6) is 0.0246. The molecule has 0 atom stereocenters. The van der Waals surface area contributed by atoms with Gasteiger partial charge in [0.2, 0.25) is 0 Å². The Morgan fingerprint density at radius 2 is 1.57 bits per heavy atom. The van der Waals surface area contributed by atoms with Crippen LogP contribution in [0.1, 0.15) is 10.4 Å². The SMILES string of the molecule is COc1cc(OC)cc(C(=O)NCCN(C(=O)Nc2ccc([N+](=O)[O-])cc2)c2ccc(F)cc2)c1. The van der Waals surface area contributed by atoms with Gasteiger partial charge in [-0.15, -0.1) is 0 Å². The van der Waals surface area contributed by atoms with E-state index in [1.807, 2.05) is 0 Å². The maximum atomic E-state index is 13.4. The van der Waals surface area contributed by atoms with Crippen LogP contribution in [0.3, 0.4) is 0 Å². The van der Waals surface area contributed by atoms with Crippen LogP contribution in [-0.2, 0) is 0 Å². The molecule has 3 amide bonds. The van der Waals surface area contributed by atoms with Gasteiger partial charge in [-0.05, 0) is 48.5 Å². The van der Waals surface area contributed by atoms with Crippen LogP contribution in [0, 0.1) is 15.9 Å². The Bertz CT molecular complexity index is 1180. The molecule has 10 nitrogen and oxygen atoms in total. The first-order valence-electron chi connectivity index (χ1n) is 10.4. The molecule has 0 bridgehead atoms. The second-order valence-electron chi connectivity index (χ2n) is 7.22. The third-order valence-electron chi connectivity index (χ3n) is 4.95. The molecule has 0 aliphatic heterocycles. The summed E-state index contributed by atoms with van der Waals surface area (Å²) in [6, 6.07) is 14.8. The number of nitro benzene ring substituents is 1. The quantitative estimate of drug-likeness (QED) is 0.348. The van der Waals surface area contributed by atoms with Gasteiger partial charge in [-0.25, -0.2) is 9.18 Å². The average Bonchev–Trinajstić information content (AvgIpc) is 2.87. The number of non-ortho nitro benzene ring substituents is 1. The van der Waals surface area contributed by atoms with Gasteiger partial charge in [-0.2, -0.15) is 0 Å². The van der Waals surface area contributed by atoms with E-state index in [9.17, 15) is 24.1 Å². The van der Waals surface area contributed by atoms with Crippen LogP contribution in [0.2, 0.25) is 0 Å². The number of carbonyl (C=O) groups is 2. The van der Waals surface area contributed by atoms with Crippen LogP contribution in [0.15, 0.2) is 66.7 Å². The zero-order valence-corrected chi connectivity index (χ0v) is 19.0. The van der Waals surface area contributed by atoms with Crippen LogP contribution in [0.4, 0.5) is 26.2 Å². The predicted octanol–water partition coefficient (Wildman–Crippen LogP) is 4.22. The molecule has 0 aliphatic carbocycles. The largest absolute Gasteiger partial charge is 0.497 e. The molecule has 0 spiro atoms. The van der Waals surface area contributed by atoms with Gasteiger partial charge in [-0.1, -0.05) is 0 Å². The van der Waals surface area contributed by atoms with Crippen LogP contribution < -0.4 is 25.0 Å². The van der Waals surface area contributed by atoms with Gasteiger partial charge in [0.25, 0.3) is 11.6 Å². The number of anilines is 2. The Hall–Kier alpha value is -4.67. The number of ether oxygens (including phenoxy) is 2. The smallest absolute Gasteiger partial charge is 0.326 e. The van der Waals surface area contributed by atoms with Crippen molar-refractivity contribution in [1.29, 1.82) is 0 Å². The van der Waals surface area contributed by atoms with Gasteiger partial charge < -0.3 is 20.1 Å². The highest BCUT2D eigenvalue weighted by Gasteiger charge is 2.18. The lowest BCUT2D eigenvalue weighted by Crippen LogP contribution is -2.41. The van der Waals surface area contributed by atoms with Gasteiger partial charge in [0.1, 0.15) is 17.3 Å². The fourth-order valence-corrected chi connectivity index (χ4v) is 3.15. The van der Waals surface area contributed by atoms with E-state index in [0.29, 0.717) is 28.4 Å². The number of nitrogens with one attached hydrogen (secondary N) is 2. The molecule has 182 valence electrons. The zero-order valence-electron chi connectivity index (χ0n) is 19.0. The molecule has 0 fully saturated rings. The minimum atomic E-state index is -0.567. The van der Waals surface area contributed by atoms with E-state index in [-0.39, 0.29) is 18.8 Å². The zero-order chi connectivity index (χ0) is 25.4. The lowest BCUT2D eigenvalue weighted by Gasteiger charge is -2.23. The van der Waals surface area contributed by atoms with Gasteiger partial charge >= 0.3 is 6.03 Å². The number of amides is 3. The Labute approximate surface area is 200 Å². The number of nitro groups is 1. The summed E-state index contributed by atoms with van der Waals surface area (Å²) in [5.41, 5.74) is 0.920. The minimum absolute atomic E-state index is 0.0529. The molecule has 2 N–H and O–H groups in total. The molecular formula is C24H23FN4O6. The summed E-state index contributed by atoms with van der Waals surface area (Å²) in [6.07, 6.45) is 0. The Balaban J connectivity index is 1.72. The van der Waals surface area contributed by atoms with E-state index < -0.39 is 22.7 Å². The van der Waals surface area contributed by atoms with Crippen molar-refractivity contribution in [1.82, 2.24) is 5.32 Å². The molecule has 0 heterocycles. The molecule has 11 heteroatoms. The number of benzene rings is 3. The molecule has 35 heavy (non-hydrogen) atoms. The van der Waals surface area contributed by atoms with Crippen molar-refractivity contribution in [3.8, 4) is 11.5 Å². The Morgan fingerprint density at radius 3 is 2.11 bits per heavy atom. The summed E-state index contributed by atoms with van der Waals surface area (Å²) < 4.78 is 23.8. The molecule has 0 aliphatic rings. The number of rotatable bonds is 9. The first kappa shape index (κ1) is 25.0. The highest BCUT2D eigenvalue weighted by molar-refractivity contribution is 6.02. The van der Waals surface area contributed by atoms with Crippen LogP contribution in [-0.4, -0.2) is 44.2 Å². The summed E-state index contributed by atoms with van der Waals surface area (Å²) in [7, 11) is 2.95. The first-order valence-corrected chi connectivity index (χ1v) is 10.4. The second-order valence-corrected chi connectivity index (χ2v) is 7.22. The third-order valence-corrected chi connectivity index (χ3v) is 4.95. The highest BCUT2D eigenvalue weighted by atomic mass is 19.1. The van der Waals surface area contributed by atoms with Crippen molar-refractivity contribution in [3.05, 3.63) is 88.2 Å². The monoisotopic (exact) mass is 482 g/mol. The van der Waals surface area contributed by atoms with E-state index in [1.165, 1.54) is 67.7 Å². The van der Waals surface area contributed by atoms with Gasteiger partial charge in [0.15, 0.2) is 0 Å². The normalized spacial score (nSPS) is 10.3. The minimum Gasteiger partial charge on any atom is -0.497 e. The van der Waals surface area contributed by atoms with Crippen LogP contribution in [0.25, 0.3) is 0 Å². The number of hydrogen-bond donors (Lipinski definition) is 2. The maximum Gasteiger partial charge on any atom is 0.326 e. The van der Waals surface area contributed by atoms with Crippen molar-refractivity contribution in [2.45, 2.75) is 0 Å². The number of hydrogen-bond acceptors (Lipinski definition) is 6. The number of nitrogens with zero attached hydrogens (tertiary/aromatic N) is 2.